The molecule has 4 nitrogen and oxygen atoms in total. The molecule has 2 aromatic rings. The van der Waals surface area contributed by atoms with Gasteiger partial charge in [0.1, 0.15) is 0 Å². The van der Waals surface area contributed by atoms with E-state index in [0.717, 1.165) is 47.8 Å². The first kappa shape index (κ1) is 12.7. The van der Waals surface area contributed by atoms with Crippen molar-refractivity contribution in [2.24, 2.45) is 0 Å². The van der Waals surface area contributed by atoms with Crippen molar-refractivity contribution in [1.82, 2.24) is 10.3 Å². The third kappa shape index (κ3) is 2.67. The van der Waals surface area contributed by atoms with Gasteiger partial charge in [-0.25, -0.2) is 4.98 Å². The summed E-state index contributed by atoms with van der Waals surface area (Å²) in [5, 5.41) is 15.9. The molecule has 1 aromatic heterocycles. The number of anilines is 1. The van der Waals surface area contributed by atoms with Gasteiger partial charge in [0.2, 0.25) is 0 Å². The molecule has 0 unspecified atom stereocenters. The van der Waals surface area contributed by atoms with Gasteiger partial charge in [0.15, 0.2) is 10.9 Å². The van der Waals surface area contributed by atoms with Crippen LogP contribution in [0, 0.1) is 0 Å². The van der Waals surface area contributed by atoms with Crippen molar-refractivity contribution in [3.8, 4) is 5.75 Å². The Labute approximate surface area is 117 Å². The molecule has 1 N–H and O–H groups in total. The molecule has 3 rings (SSSR count). The second-order valence-electron chi connectivity index (χ2n) is 4.94. The summed E-state index contributed by atoms with van der Waals surface area (Å²) in [4.78, 5) is 6.93. The zero-order valence-electron chi connectivity index (χ0n) is 11.1. The van der Waals surface area contributed by atoms with Gasteiger partial charge < -0.3 is 10.2 Å². The van der Waals surface area contributed by atoms with Crippen molar-refractivity contribution in [1.29, 1.82) is 0 Å². The lowest BCUT2D eigenvalue weighted by Gasteiger charge is -2.32. The number of piperidine rings is 1. The lowest BCUT2D eigenvalue weighted by atomic mass is 10.1. The van der Waals surface area contributed by atoms with Crippen LogP contribution in [0.2, 0.25) is 0 Å². The molecule has 0 spiro atoms. The van der Waals surface area contributed by atoms with Crippen LogP contribution >= 0.6 is 11.3 Å². The van der Waals surface area contributed by atoms with Crippen molar-refractivity contribution < 1.29 is 5.11 Å². The molecule has 1 aliphatic rings. The van der Waals surface area contributed by atoms with Crippen LogP contribution in [0.15, 0.2) is 18.2 Å². The van der Waals surface area contributed by atoms with Crippen molar-refractivity contribution in [2.45, 2.75) is 25.8 Å². The van der Waals surface area contributed by atoms with Crippen LogP contribution in [0.3, 0.4) is 0 Å². The fourth-order valence-corrected chi connectivity index (χ4v) is 3.59. The van der Waals surface area contributed by atoms with E-state index in [-0.39, 0.29) is 5.75 Å². The summed E-state index contributed by atoms with van der Waals surface area (Å²) in [6.45, 7) is 5.28. The smallest absolute Gasteiger partial charge is 0.186 e. The maximum Gasteiger partial charge on any atom is 0.186 e. The fraction of sp³-hybridized carbons (Fsp3) is 0.500. The molecule has 1 saturated heterocycles. The van der Waals surface area contributed by atoms with E-state index in [4.69, 9.17) is 0 Å². The van der Waals surface area contributed by atoms with Gasteiger partial charge in [-0.1, -0.05) is 18.3 Å². The van der Waals surface area contributed by atoms with Crippen molar-refractivity contribution in [2.75, 3.05) is 24.5 Å². The first-order valence-electron chi connectivity index (χ1n) is 6.82. The Morgan fingerprint density at radius 3 is 2.95 bits per heavy atom. The zero-order valence-corrected chi connectivity index (χ0v) is 11.9. The second-order valence-corrected chi connectivity index (χ2v) is 5.95. The highest BCUT2D eigenvalue weighted by Gasteiger charge is 2.20. The summed E-state index contributed by atoms with van der Waals surface area (Å²) >= 11 is 1.68. The molecule has 2 heterocycles. The number of thiazole rings is 1. The molecule has 1 fully saturated rings. The third-order valence-corrected chi connectivity index (χ3v) is 4.70. The standard InChI is InChI=1S/C14H18N3OS/c1-2-15-10-5-7-17(8-6-10)14-16-12-9-11(18)3-4-13(12)19-14/h3-4,9-10,15H,2,5-8H2,1H3. The van der Waals surface area contributed by atoms with E-state index in [0.29, 0.717) is 6.04 Å². The molecule has 101 valence electrons. The summed E-state index contributed by atoms with van der Waals surface area (Å²) in [5.41, 5.74) is 0.835. The monoisotopic (exact) mass is 276 g/mol. The summed E-state index contributed by atoms with van der Waals surface area (Å²) in [6, 6.07) is 5.76. The molecule has 0 bridgehead atoms. The SMILES string of the molecule is CCNC1CCN(c2nc3cc([O])ccc3s2)CC1. The highest BCUT2D eigenvalue weighted by molar-refractivity contribution is 7.22. The quantitative estimate of drug-likeness (QED) is 0.937. The maximum atomic E-state index is 11.3. The molecule has 0 amide bonds. The maximum absolute atomic E-state index is 11.3. The average molecular weight is 276 g/mol. The Balaban J connectivity index is 1.74. The highest BCUT2D eigenvalue weighted by atomic mass is 32.1. The summed E-state index contributed by atoms with van der Waals surface area (Å²) < 4.78 is 1.10. The van der Waals surface area contributed by atoms with Gasteiger partial charge in [0.25, 0.3) is 0 Å². The predicted octanol–water partition coefficient (Wildman–Crippen LogP) is 3.02. The lowest BCUT2D eigenvalue weighted by Crippen LogP contribution is -2.42. The minimum Gasteiger partial charge on any atom is -0.348 e. The molecule has 0 atom stereocenters. The van der Waals surface area contributed by atoms with Crippen molar-refractivity contribution >= 4 is 26.7 Å². The van der Waals surface area contributed by atoms with Gasteiger partial charge in [0, 0.05) is 25.2 Å². The van der Waals surface area contributed by atoms with E-state index in [1.807, 2.05) is 6.07 Å². The van der Waals surface area contributed by atoms with Crippen molar-refractivity contribution in [3.05, 3.63) is 18.2 Å². The highest BCUT2D eigenvalue weighted by Crippen LogP contribution is 2.32. The largest absolute Gasteiger partial charge is 0.348 e. The number of rotatable bonds is 3. The van der Waals surface area contributed by atoms with E-state index >= 15 is 0 Å². The molecule has 19 heavy (non-hydrogen) atoms. The normalized spacial score (nSPS) is 17.2. The van der Waals surface area contributed by atoms with E-state index in [9.17, 15) is 5.11 Å². The van der Waals surface area contributed by atoms with Crippen LogP contribution in [-0.4, -0.2) is 30.7 Å². The number of nitrogens with zero attached hydrogens (tertiary/aromatic N) is 2. The van der Waals surface area contributed by atoms with Crippen LogP contribution in [0.5, 0.6) is 5.75 Å². The molecular weight excluding hydrogens is 258 g/mol. The molecule has 0 saturated carbocycles. The van der Waals surface area contributed by atoms with E-state index < -0.39 is 0 Å². The van der Waals surface area contributed by atoms with Crippen LogP contribution in [0.25, 0.3) is 10.2 Å². The summed E-state index contributed by atoms with van der Waals surface area (Å²) in [7, 11) is 0. The van der Waals surface area contributed by atoms with Gasteiger partial charge in [-0.3, -0.25) is 5.11 Å². The molecule has 1 aliphatic heterocycles. The number of hydrogen-bond acceptors (Lipinski definition) is 4. The number of fused-ring (bicyclic) bond motifs is 1. The zero-order chi connectivity index (χ0) is 13.2. The van der Waals surface area contributed by atoms with E-state index in [1.165, 1.54) is 0 Å². The number of aromatic nitrogens is 1. The lowest BCUT2D eigenvalue weighted by molar-refractivity contribution is 0.355. The van der Waals surface area contributed by atoms with Gasteiger partial charge in [-0.2, -0.15) is 0 Å². The second kappa shape index (κ2) is 5.35. The summed E-state index contributed by atoms with van der Waals surface area (Å²) in [5.74, 6) is 0.0372. The van der Waals surface area contributed by atoms with E-state index in [1.54, 1.807) is 23.5 Å². The Kier molecular flexibility index (Phi) is 3.57. The Hall–Kier alpha value is -1.33. The number of hydrogen-bond donors (Lipinski definition) is 1. The number of nitrogens with one attached hydrogen (secondary N) is 1. The van der Waals surface area contributed by atoms with Crippen LogP contribution < -0.4 is 10.2 Å². The van der Waals surface area contributed by atoms with E-state index in [2.05, 4.69) is 22.1 Å². The Morgan fingerprint density at radius 1 is 1.42 bits per heavy atom. The first-order chi connectivity index (χ1) is 9.26. The van der Waals surface area contributed by atoms with Gasteiger partial charge in [-0.05, 0) is 31.5 Å². The third-order valence-electron chi connectivity index (χ3n) is 3.61. The van der Waals surface area contributed by atoms with Gasteiger partial charge in [0.05, 0.1) is 10.2 Å². The van der Waals surface area contributed by atoms with Crippen LogP contribution in [0.1, 0.15) is 19.8 Å². The minimum absolute atomic E-state index is 0.0372. The first-order valence-corrected chi connectivity index (χ1v) is 7.64. The Morgan fingerprint density at radius 2 is 2.21 bits per heavy atom. The molecule has 5 heteroatoms. The average Bonchev–Trinajstić information content (AvgIpc) is 2.83. The number of benzene rings is 1. The van der Waals surface area contributed by atoms with Gasteiger partial charge >= 0.3 is 0 Å². The molecular formula is C14H18N3OS. The summed E-state index contributed by atoms with van der Waals surface area (Å²) in [6.07, 6.45) is 2.33. The molecule has 1 radical (unpaired) electrons. The molecule has 0 aliphatic carbocycles. The van der Waals surface area contributed by atoms with Crippen LogP contribution in [-0.2, 0) is 5.11 Å². The minimum atomic E-state index is 0.0372. The Bertz CT molecular complexity index is 561. The predicted molar refractivity (Wildman–Crippen MR) is 78.7 cm³/mol. The van der Waals surface area contributed by atoms with Crippen molar-refractivity contribution in [3.63, 3.8) is 0 Å². The molecule has 1 aromatic carbocycles. The topological polar surface area (TPSA) is 48.1 Å². The fourth-order valence-electron chi connectivity index (χ4n) is 2.59. The van der Waals surface area contributed by atoms with Crippen LogP contribution in [0.4, 0.5) is 5.13 Å². The van der Waals surface area contributed by atoms with Gasteiger partial charge in [-0.15, -0.1) is 0 Å².